The third-order valence-corrected chi connectivity index (χ3v) is 4.20. The third kappa shape index (κ3) is 5.06. The molecule has 23 heavy (non-hydrogen) atoms. The van der Waals surface area contributed by atoms with Gasteiger partial charge < -0.3 is 15.0 Å². The molecule has 5 heteroatoms. The van der Waals surface area contributed by atoms with Crippen LogP contribution in [-0.4, -0.2) is 49.4 Å². The largest absolute Gasteiger partial charge is 0.494 e. The lowest BCUT2D eigenvalue weighted by Crippen LogP contribution is -2.40. The number of hydrogen-bond donors (Lipinski definition) is 1. The monoisotopic (exact) mass is 318 g/mol. The minimum atomic E-state index is 0.0453. The lowest BCUT2D eigenvalue weighted by molar-refractivity contribution is -0.132. The number of ketones is 1. The number of nitrogens with one attached hydrogen (secondary N) is 1. The molecule has 1 aliphatic rings. The Morgan fingerprint density at radius 1 is 1.30 bits per heavy atom. The molecule has 0 bridgehead atoms. The Balaban J connectivity index is 1.70. The smallest absolute Gasteiger partial charge is 0.222 e. The second-order valence-electron chi connectivity index (χ2n) is 5.97. The highest BCUT2D eigenvalue weighted by Gasteiger charge is 2.27. The Hall–Kier alpha value is -1.88. The molecule has 5 nitrogen and oxygen atoms in total. The van der Waals surface area contributed by atoms with Gasteiger partial charge in [0.1, 0.15) is 5.75 Å². The van der Waals surface area contributed by atoms with E-state index < -0.39 is 0 Å². The van der Waals surface area contributed by atoms with Crippen LogP contribution in [0.5, 0.6) is 5.75 Å². The molecule has 1 aromatic rings. The SMILES string of the molecule is CNCC1CCCN1C(=O)CCCOc1ccc(C(C)=O)cc1. The summed E-state index contributed by atoms with van der Waals surface area (Å²) in [6, 6.07) is 7.45. The molecule has 1 fully saturated rings. The number of amides is 1. The highest BCUT2D eigenvalue weighted by molar-refractivity contribution is 5.94. The van der Waals surface area contributed by atoms with Crippen molar-refractivity contribution >= 4 is 11.7 Å². The molecule has 126 valence electrons. The van der Waals surface area contributed by atoms with Crippen LogP contribution in [0.15, 0.2) is 24.3 Å². The molecule has 1 heterocycles. The molecule has 2 rings (SSSR count). The summed E-state index contributed by atoms with van der Waals surface area (Å²) in [5.74, 6) is 0.999. The summed E-state index contributed by atoms with van der Waals surface area (Å²) in [4.78, 5) is 25.5. The van der Waals surface area contributed by atoms with Crippen molar-refractivity contribution in [3.05, 3.63) is 29.8 Å². The maximum atomic E-state index is 12.3. The predicted molar refractivity (Wildman–Crippen MR) is 89.8 cm³/mol. The molecule has 1 unspecified atom stereocenters. The Bertz CT molecular complexity index is 528. The Morgan fingerprint density at radius 2 is 2.04 bits per heavy atom. The number of rotatable bonds is 8. The van der Waals surface area contributed by atoms with E-state index in [1.165, 1.54) is 0 Å². The van der Waals surface area contributed by atoms with Gasteiger partial charge in [-0.05, 0) is 57.5 Å². The first-order valence-corrected chi connectivity index (χ1v) is 8.29. The number of benzene rings is 1. The molecule has 1 N–H and O–H groups in total. The minimum absolute atomic E-state index is 0.0453. The first-order valence-electron chi connectivity index (χ1n) is 8.29. The Kier molecular flexibility index (Phi) is 6.59. The zero-order chi connectivity index (χ0) is 16.7. The molecular weight excluding hydrogens is 292 g/mol. The van der Waals surface area contributed by atoms with Crippen molar-refractivity contribution in [2.24, 2.45) is 0 Å². The van der Waals surface area contributed by atoms with Gasteiger partial charge in [-0.3, -0.25) is 9.59 Å². The fraction of sp³-hybridized carbons (Fsp3) is 0.556. The van der Waals surface area contributed by atoms with Crippen LogP contribution in [-0.2, 0) is 4.79 Å². The number of Topliss-reactive ketones (excluding diaryl/α,β-unsaturated/α-hetero) is 1. The highest BCUT2D eigenvalue weighted by Crippen LogP contribution is 2.18. The number of carbonyl (C=O) groups is 2. The zero-order valence-corrected chi connectivity index (χ0v) is 14.0. The number of likely N-dealkylation sites (N-methyl/N-ethyl adjacent to an activating group) is 1. The van der Waals surface area contributed by atoms with Crippen LogP contribution >= 0.6 is 0 Å². The fourth-order valence-corrected chi connectivity index (χ4v) is 2.95. The third-order valence-electron chi connectivity index (χ3n) is 4.20. The van der Waals surface area contributed by atoms with Crippen LogP contribution in [0.4, 0.5) is 0 Å². The molecule has 0 aliphatic carbocycles. The lowest BCUT2D eigenvalue weighted by atomic mass is 10.1. The van der Waals surface area contributed by atoms with Crippen LogP contribution in [0, 0.1) is 0 Å². The molecule has 0 saturated carbocycles. The lowest BCUT2D eigenvalue weighted by Gasteiger charge is -2.24. The summed E-state index contributed by atoms with van der Waals surface area (Å²) in [7, 11) is 1.92. The number of hydrogen-bond acceptors (Lipinski definition) is 4. The van der Waals surface area contributed by atoms with Gasteiger partial charge in [-0.15, -0.1) is 0 Å². The molecule has 1 saturated heterocycles. The van der Waals surface area contributed by atoms with Crippen LogP contribution < -0.4 is 10.1 Å². The van der Waals surface area contributed by atoms with E-state index >= 15 is 0 Å². The second-order valence-corrected chi connectivity index (χ2v) is 5.97. The average Bonchev–Trinajstić information content (AvgIpc) is 3.00. The summed E-state index contributed by atoms with van der Waals surface area (Å²) >= 11 is 0. The molecule has 1 amide bonds. The molecule has 1 aliphatic heterocycles. The second kappa shape index (κ2) is 8.67. The van der Waals surface area contributed by atoms with Crippen LogP contribution in [0.1, 0.15) is 43.0 Å². The van der Waals surface area contributed by atoms with Crippen molar-refractivity contribution in [1.82, 2.24) is 10.2 Å². The standard InChI is InChI=1S/C18H26N2O3/c1-14(21)15-7-9-17(10-8-15)23-12-4-6-18(22)20-11-3-5-16(20)13-19-2/h7-10,16,19H,3-6,11-13H2,1-2H3. The fourth-order valence-electron chi connectivity index (χ4n) is 2.95. The maximum absolute atomic E-state index is 12.3. The molecule has 1 aromatic carbocycles. The van der Waals surface area contributed by atoms with E-state index in [4.69, 9.17) is 4.74 Å². The van der Waals surface area contributed by atoms with E-state index in [1.54, 1.807) is 31.2 Å². The first-order chi connectivity index (χ1) is 11.1. The van der Waals surface area contributed by atoms with Crippen molar-refractivity contribution in [2.45, 2.75) is 38.6 Å². The summed E-state index contributed by atoms with van der Waals surface area (Å²) in [5, 5.41) is 3.15. The zero-order valence-electron chi connectivity index (χ0n) is 14.0. The Labute approximate surface area is 138 Å². The molecule has 1 atom stereocenters. The van der Waals surface area contributed by atoms with Gasteiger partial charge in [0.25, 0.3) is 0 Å². The number of nitrogens with zero attached hydrogens (tertiary/aromatic N) is 1. The van der Waals surface area contributed by atoms with Crippen molar-refractivity contribution < 1.29 is 14.3 Å². The van der Waals surface area contributed by atoms with Gasteiger partial charge in [-0.1, -0.05) is 0 Å². The first kappa shape index (κ1) is 17.5. The number of ether oxygens (including phenoxy) is 1. The summed E-state index contributed by atoms with van der Waals surface area (Å²) < 4.78 is 5.63. The van der Waals surface area contributed by atoms with Gasteiger partial charge in [-0.25, -0.2) is 0 Å². The van der Waals surface area contributed by atoms with Gasteiger partial charge in [0, 0.05) is 31.1 Å². The maximum Gasteiger partial charge on any atom is 0.222 e. The summed E-state index contributed by atoms with van der Waals surface area (Å²) in [6.45, 7) is 3.79. The van der Waals surface area contributed by atoms with Gasteiger partial charge in [0.15, 0.2) is 5.78 Å². The van der Waals surface area contributed by atoms with E-state index in [0.29, 0.717) is 31.1 Å². The van der Waals surface area contributed by atoms with Crippen LogP contribution in [0.3, 0.4) is 0 Å². The number of likely N-dealkylation sites (tertiary alicyclic amines) is 1. The van der Waals surface area contributed by atoms with Crippen molar-refractivity contribution in [1.29, 1.82) is 0 Å². The quantitative estimate of drug-likeness (QED) is 0.590. The molecule has 0 aromatic heterocycles. The average molecular weight is 318 g/mol. The minimum Gasteiger partial charge on any atom is -0.494 e. The normalized spacial score (nSPS) is 17.3. The topological polar surface area (TPSA) is 58.6 Å². The summed E-state index contributed by atoms with van der Waals surface area (Å²) in [6.07, 6.45) is 3.41. The van der Waals surface area contributed by atoms with Crippen molar-refractivity contribution in [2.75, 3.05) is 26.7 Å². The summed E-state index contributed by atoms with van der Waals surface area (Å²) in [5.41, 5.74) is 0.678. The van der Waals surface area contributed by atoms with Gasteiger partial charge >= 0.3 is 0 Å². The Morgan fingerprint density at radius 3 is 2.70 bits per heavy atom. The van der Waals surface area contributed by atoms with Crippen molar-refractivity contribution in [3.63, 3.8) is 0 Å². The van der Waals surface area contributed by atoms with E-state index in [2.05, 4.69) is 5.32 Å². The molecule has 0 spiro atoms. The van der Waals surface area contributed by atoms with E-state index in [9.17, 15) is 9.59 Å². The van der Waals surface area contributed by atoms with E-state index in [-0.39, 0.29) is 11.7 Å². The van der Waals surface area contributed by atoms with Crippen molar-refractivity contribution in [3.8, 4) is 5.75 Å². The predicted octanol–water partition coefficient (Wildman–Crippen LogP) is 2.26. The van der Waals surface area contributed by atoms with Gasteiger partial charge in [0.05, 0.1) is 6.61 Å². The van der Waals surface area contributed by atoms with Crippen LogP contribution in [0.25, 0.3) is 0 Å². The van der Waals surface area contributed by atoms with Gasteiger partial charge in [0.2, 0.25) is 5.91 Å². The number of carbonyl (C=O) groups excluding carboxylic acids is 2. The van der Waals surface area contributed by atoms with E-state index in [1.807, 2.05) is 11.9 Å². The highest BCUT2D eigenvalue weighted by atomic mass is 16.5. The van der Waals surface area contributed by atoms with Gasteiger partial charge in [-0.2, -0.15) is 0 Å². The van der Waals surface area contributed by atoms with Crippen LogP contribution in [0.2, 0.25) is 0 Å². The van der Waals surface area contributed by atoms with E-state index in [0.717, 1.165) is 31.7 Å². The molecular formula is C18H26N2O3. The molecule has 0 radical (unpaired) electrons.